The summed E-state index contributed by atoms with van der Waals surface area (Å²) in [6, 6.07) is 17.0. The first-order valence-electron chi connectivity index (χ1n) is 10.6. The van der Waals surface area contributed by atoms with Crippen LogP contribution in [0.1, 0.15) is 18.4 Å². The van der Waals surface area contributed by atoms with Gasteiger partial charge in [0.05, 0.1) is 14.2 Å². The van der Waals surface area contributed by atoms with Crippen molar-refractivity contribution in [2.45, 2.75) is 25.4 Å². The van der Waals surface area contributed by atoms with E-state index < -0.39 is 0 Å². The molecule has 0 spiro atoms. The van der Waals surface area contributed by atoms with Crippen LogP contribution >= 0.6 is 0 Å². The highest BCUT2D eigenvalue weighted by atomic mass is 16.5. The summed E-state index contributed by atoms with van der Waals surface area (Å²) >= 11 is 0. The Balaban J connectivity index is 1.32. The number of benzene rings is 2. The van der Waals surface area contributed by atoms with Gasteiger partial charge in [-0.25, -0.2) is 0 Å². The third-order valence-electron chi connectivity index (χ3n) is 6.17. The van der Waals surface area contributed by atoms with Gasteiger partial charge >= 0.3 is 0 Å². The molecule has 0 aromatic heterocycles. The minimum absolute atomic E-state index is 0.619. The van der Waals surface area contributed by atoms with E-state index in [1.165, 1.54) is 31.5 Å². The van der Waals surface area contributed by atoms with Crippen molar-refractivity contribution >= 4 is 0 Å². The van der Waals surface area contributed by atoms with Crippen LogP contribution in [0.15, 0.2) is 48.5 Å². The molecule has 2 bridgehead atoms. The second-order valence-corrected chi connectivity index (χ2v) is 8.13. The third-order valence-corrected chi connectivity index (χ3v) is 6.17. The number of ether oxygens (including phenoxy) is 3. The molecule has 29 heavy (non-hydrogen) atoms. The van der Waals surface area contributed by atoms with Crippen LogP contribution in [-0.4, -0.2) is 62.8 Å². The maximum absolute atomic E-state index is 6.03. The van der Waals surface area contributed by atoms with Crippen LogP contribution in [0.5, 0.6) is 17.2 Å². The molecule has 3 fully saturated rings. The fourth-order valence-electron chi connectivity index (χ4n) is 4.68. The van der Waals surface area contributed by atoms with E-state index in [-0.39, 0.29) is 0 Å². The zero-order chi connectivity index (χ0) is 20.1. The maximum Gasteiger partial charge on any atom is 0.161 e. The first-order chi connectivity index (χ1) is 14.2. The Bertz CT molecular complexity index is 780. The van der Waals surface area contributed by atoms with E-state index >= 15 is 0 Å². The molecule has 2 atom stereocenters. The molecule has 2 aromatic carbocycles. The molecular weight excluding hydrogens is 364 g/mol. The molecule has 0 N–H and O–H groups in total. The quantitative estimate of drug-likeness (QED) is 0.680. The standard InChI is InChI=1S/C24H32N2O3/c1-27-22-11-8-19(9-12-22)15-25-16-20-7-10-21(18-25)26(17-20)13-14-29-24-6-4-3-5-23(24)28-2/h3-6,8-9,11-12,20-21H,7,10,13-18H2,1-2H3/t20-,21+/m0/s1. The molecule has 2 aromatic rings. The predicted molar refractivity (Wildman–Crippen MR) is 115 cm³/mol. The minimum Gasteiger partial charge on any atom is -0.497 e. The summed E-state index contributed by atoms with van der Waals surface area (Å²) in [5.74, 6) is 3.30. The molecule has 156 valence electrons. The van der Waals surface area contributed by atoms with Gasteiger partial charge in [-0.1, -0.05) is 24.3 Å². The molecule has 0 radical (unpaired) electrons. The number of piperidine rings is 1. The van der Waals surface area contributed by atoms with Crippen LogP contribution in [0.25, 0.3) is 0 Å². The number of hydrogen-bond acceptors (Lipinski definition) is 5. The molecule has 5 nitrogen and oxygen atoms in total. The van der Waals surface area contributed by atoms with E-state index in [0.717, 1.165) is 42.8 Å². The van der Waals surface area contributed by atoms with Crippen molar-refractivity contribution in [1.29, 1.82) is 0 Å². The second kappa shape index (κ2) is 9.51. The fourth-order valence-corrected chi connectivity index (χ4v) is 4.68. The van der Waals surface area contributed by atoms with E-state index in [0.29, 0.717) is 12.6 Å². The van der Waals surface area contributed by atoms with E-state index in [1.54, 1.807) is 14.2 Å². The van der Waals surface area contributed by atoms with Gasteiger partial charge in [-0.3, -0.25) is 9.80 Å². The van der Waals surface area contributed by atoms with Crippen molar-refractivity contribution in [3.8, 4) is 17.2 Å². The van der Waals surface area contributed by atoms with Gasteiger partial charge < -0.3 is 14.2 Å². The average Bonchev–Trinajstić information content (AvgIpc) is 3.05. The lowest BCUT2D eigenvalue weighted by Crippen LogP contribution is -2.45. The molecule has 3 aliphatic heterocycles. The molecule has 0 saturated carbocycles. The van der Waals surface area contributed by atoms with Crippen molar-refractivity contribution in [2.24, 2.45) is 5.92 Å². The summed E-state index contributed by atoms with van der Waals surface area (Å²) in [7, 11) is 3.40. The van der Waals surface area contributed by atoms with E-state index in [9.17, 15) is 0 Å². The highest BCUT2D eigenvalue weighted by molar-refractivity contribution is 5.39. The number of hydrogen-bond donors (Lipinski definition) is 0. The van der Waals surface area contributed by atoms with Crippen molar-refractivity contribution in [3.63, 3.8) is 0 Å². The molecule has 5 heteroatoms. The van der Waals surface area contributed by atoms with Gasteiger partial charge in [0.15, 0.2) is 11.5 Å². The number of para-hydroxylation sites is 2. The lowest BCUT2D eigenvalue weighted by molar-refractivity contribution is 0.109. The summed E-state index contributed by atoms with van der Waals surface area (Å²) in [5, 5.41) is 0. The number of methoxy groups -OCH3 is 2. The van der Waals surface area contributed by atoms with Gasteiger partial charge in [0, 0.05) is 38.8 Å². The molecule has 3 aliphatic rings. The van der Waals surface area contributed by atoms with E-state index in [2.05, 4.69) is 34.1 Å². The van der Waals surface area contributed by atoms with Crippen LogP contribution in [-0.2, 0) is 6.54 Å². The van der Waals surface area contributed by atoms with Crippen LogP contribution in [0.3, 0.4) is 0 Å². The Morgan fingerprint density at radius 3 is 2.41 bits per heavy atom. The van der Waals surface area contributed by atoms with E-state index in [1.807, 2.05) is 24.3 Å². The van der Waals surface area contributed by atoms with Crippen LogP contribution in [0.4, 0.5) is 0 Å². The Kier molecular flexibility index (Phi) is 6.57. The molecule has 0 aliphatic carbocycles. The minimum atomic E-state index is 0.619. The van der Waals surface area contributed by atoms with Gasteiger partial charge in [0.2, 0.25) is 0 Å². The molecule has 5 rings (SSSR count). The highest BCUT2D eigenvalue weighted by Gasteiger charge is 2.34. The van der Waals surface area contributed by atoms with Gasteiger partial charge in [-0.2, -0.15) is 0 Å². The first kappa shape index (κ1) is 20.0. The predicted octanol–water partition coefficient (Wildman–Crippen LogP) is 3.68. The first-order valence-corrected chi connectivity index (χ1v) is 10.6. The number of nitrogens with zero attached hydrogens (tertiary/aromatic N) is 2. The zero-order valence-corrected chi connectivity index (χ0v) is 17.5. The largest absolute Gasteiger partial charge is 0.497 e. The smallest absolute Gasteiger partial charge is 0.161 e. The maximum atomic E-state index is 6.03. The summed E-state index contributed by atoms with van der Waals surface area (Å²) in [5.41, 5.74) is 1.36. The molecular formula is C24H32N2O3. The van der Waals surface area contributed by atoms with Gasteiger partial charge in [-0.15, -0.1) is 0 Å². The van der Waals surface area contributed by atoms with Gasteiger partial charge in [0.25, 0.3) is 0 Å². The topological polar surface area (TPSA) is 34.2 Å². The average molecular weight is 397 g/mol. The fraction of sp³-hybridized carbons (Fsp3) is 0.500. The third kappa shape index (κ3) is 5.03. The van der Waals surface area contributed by atoms with Crippen molar-refractivity contribution in [3.05, 3.63) is 54.1 Å². The highest BCUT2D eigenvalue weighted by Crippen LogP contribution is 2.30. The Morgan fingerprint density at radius 1 is 0.862 bits per heavy atom. The number of fused-ring (bicyclic) bond motifs is 4. The molecule has 0 amide bonds. The van der Waals surface area contributed by atoms with Gasteiger partial charge in [-0.05, 0) is 48.6 Å². The molecule has 3 heterocycles. The SMILES string of the molecule is COc1ccc(CN2C[C@@H]3CC[C@H](C2)N(CCOc2ccccc2OC)C3)cc1. The van der Waals surface area contributed by atoms with Gasteiger partial charge in [0.1, 0.15) is 12.4 Å². The van der Waals surface area contributed by atoms with Crippen LogP contribution in [0, 0.1) is 5.92 Å². The lowest BCUT2D eigenvalue weighted by atomic mass is 9.95. The van der Waals surface area contributed by atoms with Crippen molar-refractivity contribution in [2.75, 3.05) is 47.0 Å². The van der Waals surface area contributed by atoms with Crippen LogP contribution in [0.2, 0.25) is 0 Å². The second-order valence-electron chi connectivity index (χ2n) is 8.13. The Hall–Kier alpha value is -2.24. The van der Waals surface area contributed by atoms with E-state index in [4.69, 9.17) is 14.2 Å². The molecule has 3 saturated heterocycles. The Morgan fingerprint density at radius 2 is 1.66 bits per heavy atom. The summed E-state index contributed by atoms with van der Waals surface area (Å²) in [6.45, 7) is 6.18. The van der Waals surface area contributed by atoms with Crippen LogP contribution < -0.4 is 14.2 Å². The Labute approximate surface area is 174 Å². The van der Waals surface area contributed by atoms with Crippen molar-refractivity contribution in [1.82, 2.24) is 9.80 Å². The molecule has 0 unspecified atom stereocenters. The summed E-state index contributed by atoms with van der Waals surface area (Å²) in [6.07, 6.45) is 2.63. The number of rotatable bonds is 8. The lowest BCUT2D eigenvalue weighted by Gasteiger charge is -2.36. The normalized spacial score (nSPS) is 22.3. The summed E-state index contributed by atoms with van der Waals surface area (Å²) in [4.78, 5) is 5.27. The monoisotopic (exact) mass is 396 g/mol. The van der Waals surface area contributed by atoms with Crippen molar-refractivity contribution < 1.29 is 14.2 Å². The zero-order valence-electron chi connectivity index (χ0n) is 17.5. The summed E-state index contributed by atoms with van der Waals surface area (Å²) < 4.78 is 16.7.